The molecule has 1 aromatic heterocycles. The molecule has 0 atom stereocenters. The Morgan fingerprint density at radius 3 is 2.52 bits per heavy atom. The van der Waals surface area contributed by atoms with Gasteiger partial charge >= 0.3 is 0 Å². The summed E-state index contributed by atoms with van der Waals surface area (Å²) < 4.78 is 0. The number of hydrogen-bond donors (Lipinski definition) is 2. The van der Waals surface area contributed by atoms with E-state index in [0.29, 0.717) is 6.54 Å². The van der Waals surface area contributed by atoms with Gasteiger partial charge in [0.25, 0.3) is 0 Å². The summed E-state index contributed by atoms with van der Waals surface area (Å²) in [5.74, 6) is 2.88. The molecule has 1 aromatic rings. The van der Waals surface area contributed by atoms with Gasteiger partial charge in [-0.25, -0.2) is 9.98 Å². The van der Waals surface area contributed by atoms with Crippen molar-refractivity contribution in [3.8, 4) is 0 Å². The average molecular weight is 457 g/mol. The maximum Gasteiger partial charge on any atom is 0.191 e. The lowest BCUT2D eigenvalue weighted by Gasteiger charge is -2.21. The Morgan fingerprint density at radius 2 is 1.92 bits per heavy atom. The number of pyridine rings is 1. The van der Waals surface area contributed by atoms with Gasteiger partial charge in [-0.2, -0.15) is 0 Å². The fourth-order valence-electron chi connectivity index (χ4n) is 3.07. The van der Waals surface area contributed by atoms with Gasteiger partial charge in [0.05, 0.1) is 6.54 Å². The quantitative estimate of drug-likeness (QED) is 0.390. The predicted molar refractivity (Wildman–Crippen MR) is 116 cm³/mol. The Hall–Kier alpha value is -1.05. The third-order valence-electron chi connectivity index (χ3n) is 4.76. The van der Waals surface area contributed by atoms with Gasteiger partial charge in [-0.05, 0) is 50.2 Å². The molecule has 1 aliphatic carbocycles. The molecule has 1 aliphatic heterocycles. The molecule has 5 nitrogen and oxygen atoms in total. The number of halogens is 1. The van der Waals surface area contributed by atoms with Crippen molar-refractivity contribution in [2.75, 3.05) is 31.1 Å². The van der Waals surface area contributed by atoms with Crippen LogP contribution in [0.5, 0.6) is 0 Å². The molecule has 6 heteroatoms. The highest BCUT2D eigenvalue weighted by atomic mass is 127. The van der Waals surface area contributed by atoms with Gasteiger partial charge in [0.15, 0.2) is 5.96 Å². The fourth-order valence-corrected chi connectivity index (χ4v) is 3.07. The molecule has 0 aromatic carbocycles. The topological polar surface area (TPSA) is 52.6 Å². The first-order valence-corrected chi connectivity index (χ1v) is 9.57. The van der Waals surface area contributed by atoms with E-state index in [1.54, 1.807) is 0 Å². The number of rotatable bonds is 6. The minimum Gasteiger partial charge on any atom is -0.357 e. The standard InChI is InChI=1S/C19H31N5.HI/c1-2-20-19(22-13-16-7-8-16)23-15-17-9-10-18(21-14-17)24-11-5-3-4-6-12-24;/h9-10,14,16H,2-8,11-13,15H2,1H3,(H2,20,22,23);1H. The first kappa shape index (κ1) is 20.3. The van der Waals surface area contributed by atoms with Crippen LogP contribution in [0.1, 0.15) is 51.0 Å². The lowest BCUT2D eigenvalue weighted by atomic mass is 10.2. The van der Waals surface area contributed by atoms with E-state index in [1.165, 1.54) is 38.5 Å². The molecule has 2 fully saturated rings. The fraction of sp³-hybridized carbons (Fsp3) is 0.684. The number of nitrogens with one attached hydrogen (secondary N) is 2. The van der Waals surface area contributed by atoms with Crippen molar-refractivity contribution >= 4 is 35.8 Å². The van der Waals surface area contributed by atoms with E-state index in [-0.39, 0.29) is 24.0 Å². The highest BCUT2D eigenvalue weighted by Gasteiger charge is 2.21. The Morgan fingerprint density at radius 1 is 1.16 bits per heavy atom. The van der Waals surface area contributed by atoms with Crippen molar-refractivity contribution < 1.29 is 0 Å². The zero-order valence-corrected chi connectivity index (χ0v) is 17.7. The molecule has 2 heterocycles. The normalized spacial score (nSPS) is 18.3. The second-order valence-electron chi connectivity index (χ2n) is 6.95. The Bertz CT molecular complexity index is 519. The number of nitrogens with zero attached hydrogens (tertiary/aromatic N) is 3. The third kappa shape index (κ3) is 6.99. The van der Waals surface area contributed by atoms with Gasteiger partial charge < -0.3 is 15.5 Å². The predicted octanol–water partition coefficient (Wildman–Crippen LogP) is 3.55. The number of guanidine groups is 1. The smallest absolute Gasteiger partial charge is 0.191 e. The van der Waals surface area contributed by atoms with Gasteiger partial charge in [-0.3, -0.25) is 0 Å². The molecule has 2 N–H and O–H groups in total. The monoisotopic (exact) mass is 457 g/mol. The van der Waals surface area contributed by atoms with E-state index in [0.717, 1.165) is 49.4 Å². The second kappa shape index (κ2) is 10.8. The number of hydrogen-bond acceptors (Lipinski definition) is 3. The zero-order chi connectivity index (χ0) is 16.6. The van der Waals surface area contributed by atoms with E-state index in [9.17, 15) is 0 Å². The van der Waals surface area contributed by atoms with Crippen molar-refractivity contribution in [2.24, 2.45) is 10.9 Å². The largest absolute Gasteiger partial charge is 0.357 e. The Labute approximate surface area is 169 Å². The molecule has 2 aliphatic rings. The molecule has 0 bridgehead atoms. The van der Waals surface area contributed by atoms with Crippen LogP contribution in [0.25, 0.3) is 0 Å². The van der Waals surface area contributed by atoms with Crippen LogP contribution in [0.4, 0.5) is 5.82 Å². The maximum absolute atomic E-state index is 4.68. The molecular weight excluding hydrogens is 425 g/mol. The molecule has 140 valence electrons. The number of anilines is 1. The van der Waals surface area contributed by atoms with Crippen molar-refractivity contribution in [1.29, 1.82) is 0 Å². The first-order valence-electron chi connectivity index (χ1n) is 9.57. The summed E-state index contributed by atoms with van der Waals surface area (Å²) >= 11 is 0. The van der Waals surface area contributed by atoms with Crippen LogP contribution in [0.3, 0.4) is 0 Å². The molecule has 25 heavy (non-hydrogen) atoms. The van der Waals surface area contributed by atoms with E-state index in [4.69, 9.17) is 0 Å². The van der Waals surface area contributed by atoms with Gasteiger partial charge in [0.1, 0.15) is 5.82 Å². The highest BCUT2D eigenvalue weighted by Crippen LogP contribution is 2.27. The molecule has 3 rings (SSSR count). The minimum atomic E-state index is 0. The summed E-state index contributed by atoms with van der Waals surface area (Å²) in [5, 5.41) is 6.75. The number of aromatic nitrogens is 1. The molecule has 1 saturated heterocycles. The minimum absolute atomic E-state index is 0. The molecule has 0 amide bonds. The summed E-state index contributed by atoms with van der Waals surface area (Å²) in [5.41, 5.74) is 1.16. The summed E-state index contributed by atoms with van der Waals surface area (Å²) in [6, 6.07) is 4.32. The van der Waals surface area contributed by atoms with Gasteiger partial charge in [-0.1, -0.05) is 18.9 Å². The summed E-state index contributed by atoms with van der Waals surface area (Å²) in [6.45, 7) is 6.99. The van der Waals surface area contributed by atoms with Crippen molar-refractivity contribution in [2.45, 2.75) is 52.0 Å². The van der Waals surface area contributed by atoms with E-state index in [2.05, 4.69) is 44.6 Å². The van der Waals surface area contributed by atoms with Gasteiger partial charge in [0, 0.05) is 32.4 Å². The van der Waals surface area contributed by atoms with Crippen LogP contribution in [-0.2, 0) is 6.54 Å². The van der Waals surface area contributed by atoms with E-state index in [1.807, 2.05) is 6.20 Å². The SMILES string of the molecule is CCNC(=NCc1ccc(N2CCCCCC2)nc1)NCC1CC1.I. The van der Waals surface area contributed by atoms with Gasteiger partial charge in [-0.15, -0.1) is 24.0 Å². The lowest BCUT2D eigenvalue weighted by Crippen LogP contribution is -2.38. The van der Waals surface area contributed by atoms with Crippen LogP contribution < -0.4 is 15.5 Å². The molecule has 0 spiro atoms. The lowest BCUT2D eigenvalue weighted by molar-refractivity contribution is 0.726. The first-order chi connectivity index (χ1) is 11.8. The maximum atomic E-state index is 4.68. The van der Waals surface area contributed by atoms with Crippen LogP contribution in [0.15, 0.2) is 23.3 Å². The Kier molecular flexibility index (Phi) is 8.78. The molecule has 0 radical (unpaired) electrons. The highest BCUT2D eigenvalue weighted by molar-refractivity contribution is 14.0. The summed E-state index contributed by atoms with van der Waals surface area (Å²) in [7, 11) is 0. The third-order valence-corrected chi connectivity index (χ3v) is 4.76. The Balaban J connectivity index is 0.00000225. The molecular formula is C19H32IN5. The van der Waals surface area contributed by atoms with Gasteiger partial charge in [0.2, 0.25) is 0 Å². The van der Waals surface area contributed by atoms with Crippen LogP contribution >= 0.6 is 24.0 Å². The number of aliphatic imine (C=N–C) groups is 1. The van der Waals surface area contributed by atoms with E-state index >= 15 is 0 Å². The van der Waals surface area contributed by atoms with E-state index < -0.39 is 0 Å². The molecule has 0 unspecified atom stereocenters. The second-order valence-corrected chi connectivity index (χ2v) is 6.95. The molecule has 1 saturated carbocycles. The van der Waals surface area contributed by atoms with Crippen molar-refractivity contribution in [3.63, 3.8) is 0 Å². The summed E-state index contributed by atoms with van der Waals surface area (Å²) in [6.07, 6.45) is 9.96. The van der Waals surface area contributed by atoms with Crippen LogP contribution in [0, 0.1) is 5.92 Å². The van der Waals surface area contributed by atoms with Crippen LogP contribution in [-0.4, -0.2) is 37.1 Å². The zero-order valence-electron chi connectivity index (χ0n) is 15.3. The summed E-state index contributed by atoms with van der Waals surface area (Å²) in [4.78, 5) is 11.8. The van der Waals surface area contributed by atoms with Crippen LogP contribution in [0.2, 0.25) is 0 Å². The average Bonchev–Trinajstić information content (AvgIpc) is 3.44. The van der Waals surface area contributed by atoms with Crippen molar-refractivity contribution in [3.05, 3.63) is 23.9 Å². The van der Waals surface area contributed by atoms with Crippen molar-refractivity contribution in [1.82, 2.24) is 15.6 Å².